The number of ketones is 1. The van der Waals surface area contributed by atoms with Crippen molar-refractivity contribution in [3.63, 3.8) is 0 Å². The number of aromatic nitrogens is 2. The van der Waals surface area contributed by atoms with Gasteiger partial charge in [0.05, 0.1) is 18.0 Å². The number of carbonyl (C=O) groups is 2. The highest BCUT2D eigenvalue weighted by atomic mass is 16.6. The maximum Gasteiger partial charge on any atom is 0.375 e. The standard InChI is InChI=1S/C13H11N3O6/c1-2-21-13(18)10(17)7-11-14-12(15-22-11)8-3-5-9(6-4-8)16(19)20/h3-6H,2,7H2,1H3. The highest BCUT2D eigenvalue weighted by molar-refractivity contribution is 6.33. The first-order valence-corrected chi connectivity index (χ1v) is 6.28. The largest absolute Gasteiger partial charge is 0.460 e. The average molecular weight is 305 g/mol. The predicted molar refractivity (Wildman–Crippen MR) is 71.7 cm³/mol. The molecule has 1 aromatic heterocycles. The number of ether oxygens (including phenoxy) is 1. The molecule has 0 atom stereocenters. The molecule has 9 heteroatoms. The van der Waals surface area contributed by atoms with Gasteiger partial charge in [-0.3, -0.25) is 14.9 Å². The molecule has 0 saturated heterocycles. The van der Waals surface area contributed by atoms with Crippen LogP contribution < -0.4 is 0 Å². The number of nitrogens with zero attached hydrogens (tertiary/aromatic N) is 3. The van der Waals surface area contributed by atoms with E-state index in [-0.39, 0.29) is 30.4 Å². The summed E-state index contributed by atoms with van der Waals surface area (Å²) in [7, 11) is 0. The van der Waals surface area contributed by atoms with Gasteiger partial charge >= 0.3 is 5.97 Å². The van der Waals surface area contributed by atoms with Gasteiger partial charge in [-0.25, -0.2) is 4.79 Å². The Balaban J connectivity index is 2.09. The van der Waals surface area contributed by atoms with E-state index in [9.17, 15) is 19.7 Å². The fraction of sp³-hybridized carbons (Fsp3) is 0.231. The van der Waals surface area contributed by atoms with Crippen molar-refractivity contribution in [3.05, 3.63) is 40.3 Å². The maximum absolute atomic E-state index is 11.5. The maximum atomic E-state index is 11.5. The average Bonchev–Trinajstić information content (AvgIpc) is 2.96. The summed E-state index contributed by atoms with van der Waals surface area (Å²) >= 11 is 0. The fourth-order valence-corrected chi connectivity index (χ4v) is 1.60. The van der Waals surface area contributed by atoms with E-state index >= 15 is 0 Å². The van der Waals surface area contributed by atoms with Crippen LogP contribution in [0.15, 0.2) is 28.8 Å². The van der Waals surface area contributed by atoms with Crippen molar-refractivity contribution in [1.82, 2.24) is 10.1 Å². The van der Waals surface area contributed by atoms with E-state index in [1.54, 1.807) is 6.92 Å². The van der Waals surface area contributed by atoms with Gasteiger partial charge in [0.25, 0.3) is 5.69 Å². The third-order valence-electron chi connectivity index (χ3n) is 2.62. The number of nitro groups is 1. The van der Waals surface area contributed by atoms with Crippen LogP contribution >= 0.6 is 0 Å². The number of Topliss-reactive ketones (excluding diaryl/α,β-unsaturated/α-hetero) is 1. The summed E-state index contributed by atoms with van der Waals surface area (Å²) < 4.78 is 9.43. The molecule has 22 heavy (non-hydrogen) atoms. The Labute approximate surface area is 124 Å². The smallest absolute Gasteiger partial charge is 0.375 e. The Morgan fingerprint density at radius 1 is 1.32 bits per heavy atom. The second-order valence-corrected chi connectivity index (χ2v) is 4.14. The molecular weight excluding hydrogens is 294 g/mol. The van der Waals surface area contributed by atoms with Crippen molar-refractivity contribution >= 4 is 17.4 Å². The van der Waals surface area contributed by atoms with E-state index in [2.05, 4.69) is 14.9 Å². The van der Waals surface area contributed by atoms with Crippen molar-refractivity contribution in [2.75, 3.05) is 6.61 Å². The van der Waals surface area contributed by atoms with Gasteiger partial charge in [-0.1, -0.05) is 5.16 Å². The first kappa shape index (κ1) is 15.3. The second kappa shape index (κ2) is 6.57. The third-order valence-corrected chi connectivity index (χ3v) is 2.62. The van der Waals surface area contributed by atoms with Crippen LogP contribution in [0, 0.1) is 10.1 Å². The minimum atomic E-state index is -0.961. The van der Waals surface area contributed by atoms with E-state index in [1.807, 2.05) is 0 Å². The molecule has 0 fully saturated rings. The Morgan fingerprint density at radius 2 is 2.00 bits per heavy atom. The van der Waals surface area contributed by atoms with Gasteiger partial charge in [0.15, 0.2) is 0 Å². The van der Waals surface area contributed by atoms with Crippen molar-refractivity contribution in [2.45, 2.75) is 13.3 Å². The quantitative estimate of drug-likeness (QED) is 0.338. The Kier molecular flexibility index (Phi) is 4.57. The molecule has 0 amide bonds. The molecule has 0 unspecified atom stereocenters. The van der Waals surface area contributed by atoms with Crippen molar-refractivity contribution < 1.29 is 23.8 Å². The normalized spacial score (nSPS) is 10.2. The number of rotatable bonds is 6. The molecule has 114 valence electrons. The molecule has 0 radical (unpaired) electrons. The van der Waals surface area contributed by atoms with Crippen LogP contribution in [0.1, 0.15) is 12.8 Å². The zero-order valence-electron chi connectivity index (χ0n) is 11.5. The summed E-state index contributed by atoms with van der Waals surface area (Å²) in [5, 5.41) is 14.2. The molecule has 2 aromatic rings. The van der Waals surface area contributed by atoms with Gasteiger partial charge in [0.1, 0.15) is 0 Å². The zero-order valence-corrected chi connectivity index (χ0v) is 11.5. The lowest BCUT2D eigenvalue weighted by atomic mass is 10.2. The topological polar surface area (TPSA) is 125 Å². The minimum absolute atomic E-state index is 0.0357. The molecule has 9 nitrogen and oxygen atoms in total. The first-order valence-electron chi connectivity index (χ1n) is 6.28. The summed E-state index contributed by atoms with van der Waals surface area (Å²) in [6.45, 7) is 1.69. The van der Waals surface area contributed by atoms with Crippen molar-refractivity contribution in [1.29, 1.82) is 0 Å². The van der Waals surface area contributed by atoms with E-state index < -0.39 is 16.7 Å². The van der Waals surface area contributed by atoms with Crippen LogP contribution in [0.25, 0.3) is 11.4 Å². The molecule has 0 spiro atoms. The zero-order chi connectivity index (χ0) is 16.1. The lowest BCUT2D eigenvalue weighted by Crippen LogP contribution is -2.19. The van der Waals surface area contributed by atoms with E-state index in [4.69, 9.17) is 4.52 Å². The number of non-ortho nitro benzene ring substituents is 1. The SMILES string of the molecule is CCOC(=O)C(=O)Cc1nc(-c2ccc([N+](=O)[O-])cc2)no1. The van der Waals surface area contributed by atoms with Crippen LogP contribution in [0.3, 0.4) is 0 Å². The van der Waals surface area contributed by atoms with Crippen LogP contribution in [0.4, 0.5) is 5.69 Å². The Hall–Kier alpha value is -3.10. The number of hydrogen-bond acceptors (Lipinski definition) is 8. The summed E-state index contributed by atoms with van der Waals surface area (Å²) in [6, 6.07) is 5.52. The minimum Gasteiger partial charge on any atom is -0.460 e. The first-order chi connectivity index (χ1) is 10.5. The number of carbonyl (C=O) groups excluding carboxylic acids is 2. The number of hydrogen-bond donors (Lipinski definition) is 0. The summed E-state index contributed by atoms with van der Waals surface area (Å²) in [6.07, 6.45) is -0.362. The Bertz CT molecular complexity index is 707. The summed E-state index contributed by atoms with van der Waals surface area (Å²) in [5.74, 6) is -1.62. The van der Waals surface area contributed by atoms with Gasteiger partial charge in [-0.2, -0.15) is 4.98 Å². The molecule has 0 aliphatic rings. The number of benzene rings is 1. The number of esters is 1. The van der Waals surface area contributed by atoms with Crippen molar-refractivity contribution in [2.24, 2.45) is 0 Å². The molecule has 0 N–H and O–H groups in total. The molecule has 0 saturated carbocycles. The summed E-state index contributed by atoms with van der Waals surface area (Å²) in [5.41, 5.74) is 0.425. The molecule has 1 heterocycles. The van der Waals surface area contributed by atoms with E-state index in [1.165, 1.54) is 24.3 Å². The van der Waals surface area contributed by atoms with Gasteiger partial charge in [0, 0.05) is 17.7 Å². The third kappa shape index (κ3) is 3.51. The van der Waals surface area contributed by atoms with Crippen LogP contribution in [-0.2, 0) is 20.7 Å². The van der Waals surface area contributed by atoms with Crippen molar-refractivity contribution in [3.8, 4) is 11.4 Å². The predicted octanol–water partition coefficient (Wildman–Crippen LogP) is 1.32. The van der Waals surface area contributed by atoms with E-state index in [0.717, 1.165) is 0 Å². The van der Waals surface area contributed by atoms with Gasteiger partial charge < -0.3 is 9.26 Å². The second-order valence-electron chi connectivity index (χ2n) is 4.14. The summed E-state index contributed by atoms with van der Waals surface area (Å²) in [4.78, 5) is 36.7. The molecule has 1 aromatic carbocycles. The highest BCUT2D eigenvalue weighted by Gasteiger charge is 2.20. The lowest BCUT2D eigenvalue weighted by Gasteiger charge is -1.97. The molecule has 0 bridgehead atoms. The lowest BCUT2D eigenvalue weighted by molar-refractivity contribution is -0.384. The molecule has 2 rings (SSSR count). The van der Waals surface area contributed by atoms with Crippen LogP contribution in [0.2, 0.25) is 0 Å². The monoisotopic (exact) mass is 305 g/mol. The molecular formula is C13H11N3O6. The van der Waals surface area contributed by atoms with Crippen LogP contribution in [-0.4, -0.2) is 33.4 Å². The number of nitro benzene ring substituents is 1. The van der Waals surface area contributed by atoms with Gasteiger partial charge in [-0.15, -0.1) is 0 Å². The molecule has 0 aliphatic carbocycles. The Morgan fingerprint density at radius 3 is 2.59 bits per heavy atom. The highest BCUT2D eigenvalue weighted by Crippen LogP contribution is 2.19. The van der Waals surface area contributed by atoms with Crippen LogP contribution in [0.5, 0.6) is 0 Å². The van der Waals surface area contributed by atoms with E-state index in [0.29, 0.717) is 5.56 Å². The fourth-order valence-electron chi connectivity index (χ4n) is 1.60. The van der Waals surface area contributed by atoms with Gasteiger partial charge in [0.2, 0.25) is 17.5 Å². The molecule has 0 aliphatic heterocycles. The van der Waals surface area contributed by atoms with Gasteiger partial charge in [-0.05, 0) is 19.1 Å².